The topological polar surface area (TPSA) is 69.0 Å². The van der Waals surface area contributed by atoms with Gasteiger partial charge in [-0.1, -0.05) is 61.5 Å². The number of ether oxygens (including phenoxy) is 1. The fourth-order valence-electron chi connectivity index (χ4n) is 3.73. The molecular formula is C28H29ClN4O2S. The van der Waals surface area contributed by atoms with Gasteiger partial charge in [-0.3, -0.25) is 9.36 Å². The van der Waals surface area contributed by atoms with Gasteiger partial charge >= 0.3 is 0 Å². The van der Waals surface area contributed by atoms with Crippen molar-refractivity contribution in [3.8, 4) is 22.8 Å². The Kier molecular flexibility index (Phi) is 8.67. The number of hydrogen-bond donors (Lipinski definition) is 1. The predicted octanol–water partition coefficient (Wildman–Crippen LogP) is 7.23. The lowest BCUT2D eigenvalue weighted by Crippen LogP contribution is -2.14. The van der Waals surface area contributed by atoms with E-state index in [9.17, 15) is 4.79 Å². The summed E-state index contributed by atoms with van der Waals surface area (Å²) < 4.78 is 7.52. The van der Waals surface area contributed by atoms with Gasteiger partial charge in [0.05, 0.1) is 12.4 Å². The van der Waals surface area contributed by atoms with Crippen LogP contribution >= 0.6 is 23.4 Å². The van der Waals surface area contributed by atoms with E-state index in [-0.39, 0.29) is 11.7 Å². The minimum atomic E-state index is -0.109. The maximum Gasteiger partial charge on any atom is 0.234 e. The van der Waals surface area contributed by atoms with E-state index in [1.165, 1.54) is 17.3 Å². The van der Waals surface area contributed by atoms with E-state index < -0.39 is 0 Å². The van der Waals surface area contributed by atoms with Gasteiger partial charge in [-0.25, -0.2) is 0 Å². The van der Waals surface area contributed by atoms with Crippen molar-refractivity contribution in [1.82, 2.24) is 14.8 Å². The molecule has 0 fully saturated rings. The maximum absolute atomic E-state index is 12.7. The number of anilines is 1. The molecule has 4 aromatic rings. The molecule has 0 saturated heterocycles. The molecule has 186 valence electrons. The second kappa shape index (κ2) is 12.1. The van der Waals surface area contributed by atoms with E-state index in [2.05, 4.69) is 41.5 Å². The van der Waals surface area contributed by atoms with Gasteiger partial charge in [-0.15, -0.1) is 10.2 Å². The van der Waals surface area contributed by atoms with Crippen molar-refractivity contribution < 1.29 is 9.53 Å². The maximum atomic E-state index is 12.7. The molecule has 0 aliphatic carbocycles. The minimum Gasteiger partial charge on any atom is -0.494 e. The molecule has 1 aromatic heterocycles. The Balaban J connectivity index is 1.54. The molecule has 0 saturated carbocycles. The zero-order valence-electron chi connectivity index (χ0n) is 20.6. The number of benzene rings is 3. The number of nitrogens with one attached hydrogen (secondary N) is 1. The zero-order chi connectivity index (χ0) is 25.5. The average Bonchev–Trinajstić information content (AvgIpc) is 3.32. The number of thioether (sulfide) groups is 1. The number of halogens is 1. The monoisotopic (exact) mass is 520 g/mol. The van der Waals surface area contributed by atoms with Gasteiger partial charge in [0.2, 0.25) is 5.91 Å². The number of hydrogen-bond acceptors (Lipinski definition) is 5. The molecule has 8 heteroatoms. The van der Waals surface area contributed by atoms with Crippen LogP contribution in [0.2, 0.25) is 5.02 Å². The van der Waals surface area contributed by atoms with Crippen molar-refractivity contribution in [2.75, 3.05) is 17.7 Å². The first-order chi connectivity index (χ1) is 17.5. The Hall–Kier alpha value is -3.29. The van der Waals surface area contributed by atoms with Crippen molar-refractivity contribution in [3.63, 3.8) is 0 Å². The van der Waals surface area contributed by atoms with Crippen LogP contribution in [0.4, 0.5) is 5.69 Å². The third-order valence-corrected chi connectivity index (χ3v) is 6.99. The van der Waals surface area contributed by atoms with Crippen LogP contribution in [0.25, 0.3) is 17.1 Å². The molecule has 0 aliphatic heterocycles. The SMILES string of the molecule is CCOc1ccc(-n2c(SCC(=O)Nc3ccc(C(C)CC)cc3)nnc2-c2cccc(Cl)c2)cc1. The molecule has 6 nitrogen and oxygen atoms in total. The van der Waals surface area contributed by atoms with Gasteiger partial charge in [0.25, 0.3) is 0 Å². The first kappa shape index (κ1) is 25.8. The Labute approximate surface area is 221 Å². The van der Waals surface area contributed by atoms with Crippen LogP contribution in [0.5, 0.6) is 5.75 Å². The lowest BCUT2D eigenvalue weighted by molar-refractivity contribution is -0.113. The number of carbonyl (C=O) groups is 1. The molecule has 4 rings (SSSR count). The summed E-state index contributed by atoms with van der Waals surface area (Å²) in [6.07, 6.45) is 1.08. The van der Waals surface area contributed by atoms with E-state index in [4.69, 9.17) is 16.3 Å². The Morgan fingerprint density at radius 2 is 1.81 bits per heavy atom. The summed E-state index contributed by atoms with van der Waals surface area (Å²) >= 11 is 7.57. The van der Waals surface area contributed by atoms with E-state index in [1.807, 2.05) is 72.2 Å². The standard InChI is InChI=1S/C28H29ClN4O2S/c1-4-19(3)20-9-11-23(12-10-20)30-26(34)18-36-28-32-31-27(21-7-6-8-22(29)17-21)33(28)24-13-15-25(16-14-24)35-5-2/h6-17,19H,4-5,18H2,1-3H3,(H,30,34). The van der Waals surface area contributed by atoms with Crippen molar-refractivity contribution in [2.24, 2.45) is 0 Å². The van der Waals surface area contributed by atoms with Gasteiger partial charge in [0.1, 0.15) is 5.75 Å². The summed E-state index contributed by atoms with van der Waals surface area (Å²) in [5.41, 5.74) is 3.74. The van der Waals surface area contributed by atoms with Gasteiger partial charge in [0, 0.05) is 22.0 Å². The number of rotatable bonds is 10. The van der Waals surface area contributed by atoms with E-state index >= 15 is 0 Å². The second-order valence-electron chi connectivity index (χ2n) is 8.35. The predicted molar refractivity (Wildman–Crippen MR) is 147 cm³/mol. The van der Waals surface area contributed by atoms with Crippen LogP contribution in [0.15, 0.2) is 78.0 Å². The summed E-state index contributed by atoms with van der Waals surface area (Å²) in [6.45, 7) is 6.91. The summed E-state index contributed by atoms with van der Waals surface area (Å²) in [5.74, 6) is 2.00. The number of carbonyl (C=O) groups excluding carboxylic acids is 1. The third kappa shape index (κ3) is 6.28. The summed E-state index contributed by atoms with van der Waals surface area (Å²) in [5, 5.41) is 13.0. The number of amides is 1. The van der Waals surface area contributed by atoms with E-state index in [1.54, 1.807) is 0 Å². The van der Waals surface area contributed by atoms with Crippen molar-refractivity contribution in [2.45, 2.75) is 38.3 Å². The van der Waals surface area contributed by atoms with Crippen molar-refractivity contribution >= 4 is 35.0 Å². The summed E-state index contributed by atoms with van der Waals surface area (Å²) in [6, 6.07) is 23.2. The molecule has 1 unspecified atom stereocenters. The van der Waals surface area contributed by atoms with Crippen LogP contribution in [-0.4, -0.2) is 33.0 Å². The first-order valence-corrected chi connectivity index (χ1v) is 13.3. The van der Waals surface area contributed by atoms with Crippen molar-refractivity contribution in [1.29, 1.82) is 0 Å². The fraction of sp³-hybridized carbons (Fsp3) is 0.250. The highest BCUT2D eigenvalue weighted by Crippen LogP contribution is 2.30. The number of aromatic nitrogens is 3. The average molecular weight is 521 g/mol. The molecule has 3 aromatic carbocycles. The smallest absolute Gasteiger partial charge is 0.234 e. The highest BCUT2D eigenvalue weighted by Gasteiger charge is 2.18. The minimum absolute atomic E-state index is 0.109. The van der Waals surface area contributed by atoms with Crippen LogP contribution in [0.3, 0.4) is 0 Å². The van der Waals surface area contributed by atoms with Crippen LogP contribution < -0.4 is 10.1 Å². The molecule has 0 aliphatic rings. The lowest BCUT2D eigenvalue weighted by atomic mass is 9.99. The summed E-state index contributed by atoms with van der Waals surface area (Å²) in [7, 11) is 0. The van der Waals surface area contributed by atoms with Gasteiger partial charge in [-0.2, -0.15) is 0 Å². The highest BCUT2D eigenvalue weighted by molar-refractivity contribution is 7.99. The Morgan fingerprint density at radius 1 is 1.06 bits per heavy atom. The molecule has 1 atom stereocenters. The zero-order valence-corrected chi connectivity index (χ0v) is 22.1. The van der Waals surface area contributed by atoms with Crippen LogP contribution in [0, 0.1) is 0 Å². The number of nitrogens with zero attached hydrogens (tertiary/aromatic N) is 3. The van der Waals surface area contributed by atoms with E-state index in [0.29, 0.717) is 28.5 Å². The second-order valence-corrected chi connectivity index (χ2v) is 9.73. The molecule has 0 spiro atoms. The van der Waals surface area contributed by atoms with Crippen molar-refractivity contribution in [3.05, 3.63) is 83.4 Å². The molecular weight excluding hydrogens is 492 g/mol. The quantitative estimate of drug-likeness (QED) is 0.223. The molecule has 0 radical (unpaired) electrons. The normalized spacial score (nSPS) is 11.8. The molecule has 1 heterocycles. The van der Waals surface area contributed by atoms with Crippen LogP contribution in [-0.2, 0) is 4.79 Å². The lowest BCUT2D eigenvalue weighted by Gasteiger charge is -2.12. The first-order valence-electron chi connectivity index (χ1n) is 12.0. The molecule has 1 N–H and O–H groups in total. The highest BCUT2D eigenvalue weighted by atomic mass is 35.5. The Bertz CT molecular complexity index is 1310. The van der Waals surface area contributed by atoms with E-state index in [0.717, 1.165) is 29.1 Å². The summed E-state index contributed by atoms with van der Waals surface area (Å²) in [4.78, 5) is 12.7. The van der Waals surface area contributed by atoms with Gasteiger partial charge < -0.3 is 10.1 Å². The molecule has 1 amide bonds. The fourth-order valence-corrected chi connectivity index (χ4v) is 4.67. The Morgan fingerprint density at radius 3 is 2.47 bits per heavy atom. The third-order valence-electron chi connectivity index (χ3n) is 5.83. The van der Waals surface area contributed by atoms with Gasteiger partial charge in [-0.05, 0) is 73.4 Å². The molecule has 36 heavy (non-hydrogen) atoms. The largest absolute Gasteiger partial charge is 0.494 e. The van der Waals surface area contributed by atoms with Gasteiger partial charge in [0.15, 0.2) is 11.0 Å². The van der Waals surface area contributed by atoms with Crippen LogP contribution in [0.1, 0.15) is 38.7 Å². The molecule has 0 bridgehead atoms.